The maximum atomic E-state index is 4.02. The maximum Gasteiger partial charge on any atom is 0.0922 e. The lowest BCUT2D eigenvalue weighted by Gasteiger charge is -2.28. The van der Waals surface area contributed by atoms with Crippen LogP contribution in [0.15, 0.2) is 12.5 Å². The first-order valence-electron chi connectivity index (χ1n) is 6.09. The van der Waals surface area contributed by atoms with Gasteiger partial charge in [-0.05, 0) is 31.6 Å². The van der Waals surface area contributed by atoms with E-state index in [1.54, 1.807) is 6.33 Å². The van der Waals surface area contributed by atoms with Crippen molar-refractivity contribution in [2.75, 3.05) is 0 Å². The Labute approximate surface area is 91.7 Å². The van der Waals surface area contributed by atoms with Gasteiger partial charge < -0.3 is 10.3 Å². The molecule has 1 fully saturated rings. The fourth-order valence-corrected chi connectivity index (χ4v) is 2.41. The van der Waals surface area contributed by atoms with Crippen LogP contribution in [0.25, 0.3) is 0 Å². The van der Waals surface area contributed by atoms with Crippen molar-refractivity contribution in [3.05, 3.63) is 18.2 Å². The van der Waals surface area contributed by atoms with Crippen molar-refractivity contribution in [3.63, 3.8) is 0 Å². The highest BCUT2D eigenvalue weighted by molar-refractivity contribution is 4.94. The Balaban J connectivity index is 1.69. The second-order valence-electron chi connectivity index (χ2n) is 4.58. The molecule has 2 N–H and O–H groups in total. The predicted octanol–water partition coefficient (Wildman–Crippen LogP) is 2.47. The monoisotopic (exact) mass is 207 g/mol. The third kappa shape index (κ3) is 3.06. The van der Waals surface area contributed by atoms with Crippen molar-refractivity contribution in [1.29, 1.82) is 0 Å². The molecule has 15 heavy (non-hydrogen) atoms. The molecule has 1 saturated carbocycles. The van der Waals surface area contributed by atoms with Gasteiger partial charge in [0.25, 0.3) is 0 Å². The summed E-state index contributed by atoms with van der Waals surface area (Å²) in [7, 11) is 0. The normalized spacial score (nSPS) is 26.7. The summed E-state index contributed by atoms with van der Waals surface area (Å²) in [4.78, 5) is 7.14. The fraction of sp³-hybridized carbons (Fsp3) is 0.750. The van der Waals surface area contributed by atoms with Gasteiger partial charge in [-0.3, -0.25) is 0 Å². The van der Waals surface area contributed by atoms with Gasteiger partial charge in [0.05, 0.1) is 6.33 Å². The van der Waals surface area contributed by atoms with Gasteiger partial charge >= 0.3 is 0 Å². The third-order valence-corrected chi connectivity index (χ3v) is 3.56. The van der Waals surface area contributed by atoms with E-state index in [2.05, 4.69) is 22.2 Å². The van der Waals surface area contributed by atoms with Gasteiger partial charge in [0.15, 0.2) is 0 Å². The minimum absolute atomic E-state index is 0.719. The SMILES string of the molecule is CCC1CCC(NCc2cnc[nH]2)CC1. The van der Waals surface area contributed by atoms with Crippen LogP contribution < -0.4 is 5.32 Å². The topological polar surface area (TPSA) is 40.7 Å². The fourth-order valence-electron chi connectivity index (χ4n) is 2.41. The molecule has 0 amide bonds. The molecule has 1 aromatic heterocycles. The molecule has 84 valence electrons. The summed E-state index contributed by atoms with van der Waals surface area (Å²) in [6, 6.07) is 0.719. The van der Waals surface area contributed by atoms with Crippen LogP contribution in [0.5, 0.6) is 0 Å². The highest BCUT2D eigenvalue weighted by Gasteiger charge is 2.19. The highest BCUT2D eigenvalue weighted by Crippen LogP contribution is 2.26. The van der Waals surface area contributed by atoms with E-state index in [0.717, 1.165) is 18.5 Å². The summed E-state index contributed by atoms with van der Waals surface area (Å²) in [5, 5.41) is 3.60. The van der Waals surface area contributed by atoms with Crippen molar-refractivity contribution in [1.82, 2.24) is 15.3 Å². The summed E-state index contributed by atoms with van der Waals surface area (Å²) in [5.74, 6) is 0.982. The summed E-state index contributed by atoms with van der Waals surface area (Å²) in [6.45, 7) is 3.24. The second-order valence-corrected chi connectivity index (χ2v) is 4.58. The number of nitrogens with one attached hydrogen (secondary N) is 2. The molecule has 3 heteroatoms. The Morgan fingerprint density at radius 3 is 2.80 bits per heavy atom. The van der Waals surface area contributed by atoms with Crippen LogP contribution in [0.3, 0.4) is 0 Å². The highest BCUT2D eigenvalue weighted by atomic mass is 15.0. The third-order valence-electron chi connectivity index (χ3n) is 3.56. The zero-order valence-electron chi connectivity index (χ0n) is 9.50. The lowest BCUT2D eigenvalue weighted by Crippen LogP contribution is -2.32. The van der Waals surface area contributed by atoms with Gasteiger partial charge in [-0.25, -0.2) is 4.98 Å². The van der Waals surface area contributed by atoms with Crippen molar-refractivity contribution < 1.29 is 0 Å². The quantitative estimate of drug-likeness (QED) is 0.796. The van der Waals surface area contributed by atoms with E-state index in [-0.39, 0.29) is 0 Å². The molecule has 0 radical (unpaired) electrons. The van der Waals surface area contributed by atoms with Crippen LogP contribution in [0.2, 0.25) is 0 Å². The van der Waals surface area contributed by atoms with Crippen LogP contribution in [-0.2, 0) is 6.54 Å². The van der Waals surface area contributed by atoms with Gasteiger partial charge in [-0.15, -0.1) is 0 Å². The summed E-state index contributed by atoms with van der Waals surface area (Å²) >= 11 is 0. The molecule has 1 aromatic rings. The summed E-state index contributed by atoms with van der Waals surface area (Å²) < 4.78 is 0. The van der Waals surface area contributed by atoms with Crippen LogP contribution in [0.1, 0.15) is 44.7 Å². The molecule has 0 aromatic carbocycles. The first-order chi connectivity index (χ1) is 7.38. The molecule has 1 aliphatic carbocycles. The number of aromatic nitrogens is 2. The van der Waals surface area contributed by atoms with Crippen LogP contribution >= 0.6 is 0 Å². The van der Waals surface area contributed by atoms with Crippen molar-refractivity contribution in [2.24, 2.45) is 5.92 Å². The average molecular weight is 207 g/mol. The largest absolute Gasteiger partial charge is 0.347 e. The Morgan fingerprint density at radius 2 is 2.20 bits per heavy atom. The summed E-state index contributed by atoms with van der Waals surface area (Å²) in [6.07, 6.45) is 10.5. The first kappa shape index (κ1) is 10.7. The lowest BCUT2D eigenvalue weighted by atomic mass is 9.84. The number of nitrogens with zero attached hydrogens (tertiary/aromatic N) is 1. The zero-order chi connectivity index (χ0) is 10.5. The number of hydrogen-bond donors (Lipinski definition) is 2. The maximum absolute atomic E-state index is 4.02. The van der Waals surface area contributed by atoms with Gasteiger partial charge in [0.1, 0.15) is 0 Å². The first-order valence-corrected chi connectivity index (χ1v) is 6.09. The van der Waals surface area contributed by atoms with E-state index in [9.17, 15) is 0 Å². The Kier molecular flexibility index (Phi) is 3.78. The number of aromatic amines is 1. The van der Waals surface area contributed by atoms with E-state index in [4.69, 9.17) is 0 Å². The number of hydrogen-bond acceptors (Lipinski definition) is 2. The predicted molar refractivity (Wildman–Crippen MR) is 61.5 cm³/mol. The molecule has 1 heterocycles. The minimum Gasteiger partial charge on any atom is -0.347 e. The molecule has 3 nitrogen and oxygen atoms in total. The number of rotatable bonds is 4. The smallest absolute Gasteiger partial charge is 0.0922 e. The van der Waals surface area contributed by atoms with Gasteiger partial charge in [-0.1, -0.05) is 13.3 Å². The second kappa shape index (κ2) is 5.31. The Bertz CT molecular complexity index is 260. The average Bonchev–Trinajstić information content (AvgIpc) is 2.80. The van der Waals surface area contributed by atoms with Crippen LogP contribution in [0, 0.1) is 5.92 Å². The minimum atomic E-state index is 0.719. The standard InChI is InChI=1S/C12H21N3/c1-2-10-3-5-11(6-4-10)14-8-12-7-13-9-15-12/h7,9-11,14H,2-6,8H2,1H3,(H,13,15). The van der Waals surface area contributed by atoms with E-state index in [1.165, 1.54) is 37.8 Å². The molecule has 1 aliphatic rings. The Hall–Kier alpha value is -0.830. The van der Waals surface area contributed by atoms with E-state index < -0.39 is 0 Å². The molecule has 0 atom stereocenters. The molecule has 2 rings (SSSR count). The molecule has 0 spiro atoms. The van der Waals surface area contributed by atoms with Crippen molar-refractivity contribution in [2.45, 2.75) is 51.6 Å². The Morgan fingerprint density at radius 1 is 1.40 bits per heavy atom. The van der Waals surface area contributed by atoms with Gasteiger partial charge in [0, 0.05) is 24.5 Å². The van der Waals surface area contributed by atoms with Crippen molar-refractivity contribution >= 4 is 0 Å². The van der Waals surface area contributed by atoms with Gasteiger partial charge in [-0.2, -0.15) is 0 Å². The molecule has 0 saturated heterocycles. The molecular weight excluding hydrogens is 186 g/mol. The van der Waals surface area contributed by atoms with Crippen LogP contribution in [0.4, 0.5) is 0 Å². The zero-order valence-corrected chi connectivity index (χ0v) is 9.50. The molecular formula is C12H21N3. The molecule has 0 unspecified atom stereocenters. The van der Waals surface area contributed by atoms with E-state index >= 15 is 0 Å². The number of imidazole rings is 1. The molecule has 0 aliphatic heterocycles. The van der Waals surface area contributed by atoms with Crippen LogP contribution in [-0.4, -0.2) is 16.0 Å². The van der Waals surface area contributed by atoms with Crippen molar-refractivity contribution in [3.8, 4) is 0 Å². The number of H-pyrrole nitrogens is 1. The summed E-state index contributed by atoms with van der Waals surface area (Å²) in [5.41, 5.74) is 1.19. The van der Waals surface area contributed by atoms with Gasteiger partial charge in [0.2, 0.25) is 0 Å². The lowest BCUT2D eigenvalue weighted by molar-refractivity contribution is 0.285. The molecule has 0 bridgehead atoms. The van der Waals surface area contributed by atoms with E-state index in [0.29, 0.717) is 0 Å². The van der Waals surface area contributed by atoms with E-state index in [1.807, 2.05) is 6.20 Å².